The minimum atomic E-state index is -0.384. The van der Waals surface area contributed by atoms with Crippen molar-refractivity contribution >= 4 is 5.91 Å². The van der Waals surface area contributed by atoms with Crippen LogP contribution >= 0.6 is 0 Å². The molecule has 23 heavy (non-hydrogen) atoms. The number of carbonyl (C=O) groups is 1. The predicted molar refractivity (Wildman–Crippen MR) is 90.1 cm³/mol. The van der Waals surface area contributed by atoms with E-state index in [-0.39, 0.29) is 18.0 Å². The maximum atomic E-state index is 12.1. The third kappa shape index (κ3) is 3.22. The Morgan fingerprint density at radius 2 is 1.87 bits per heavy atom. The van der Waals surface area contributed by atoms with E-state index in [4.69, 9.17) is 10.5 Å². The summed E-state index contributed by atoms with van der Waals surface area (Å²) < 4.78 is 5.23. The molecular formula is C19H22N2O2. The first-order chi connectivity index (χ1) is 11.2. The van der Waals surface area contributed by atoms with E-state index in [1.165, 1.54) is 5.56 Å². The van der Waals surface area contributed by atoms with Gasteiger partial charge in [-0.15, -0.1) is 0 Å². The Labute approximate surface area is 136 Å². The Balaban J connectivity index is 1.90. The lowest BCUT2D eigenvalue weighted by Crippen LogP contribution is -2.37. The lowest BCUT2D eigenvalue weighted by atomic mass is 9.99. The summed E-state index contributed by atoms with van der Waals surface area (Å²) in [5, 5.41) is 0. The topological polar surface area (TPSA) is 55.6 Å². The van der Waals surface area contributed by atoms with Crippen LogP contribution in [0.15, 0.2) is 54.6 Å². The van der Waals surface area contributed by atoms with Crippen molar-refractivity contribution in [2.75, 3.05) is 13.7 Å². The molecule has 1 fully saturated rings. The van der Waals surface area contributed by atoms with Crippen LogP contribution in [0.25, 0.3) is 0 Å². The molecule has 1 saturated heterocycles. The Hall–Kier alpha value is -2.33. The van der Waals surface area contributed by atoms with Gasteiger partial charge in [-0.2, -0.15) is 0 Å². The second-order valence-corrected chi connectivity index (χ2v) is 5.88. The van der Waals surface area contributed by atoms with Gasteiger partial charge in [-0.3, -0.25) is 9.69 Å². The smallest absolute Gasteiger partial charge is 0.239 e. The summed E-state index contributed by atoms with van der Waals surface area (Å²) in [6.07, 6.45) is 2.09. The van der Waals surface area contributed by atoms with E-state index in [1.54, 1.807) is 7.11 Å². The van der Waals surface area contributed by atoms with Gasteiger partial charge in [0.15, 0.2) is 0 Å². The lowest BCUT2D eigenvalue weighted by Gasteiger charge is -2.31. The van der Waals surface area contributed by atoms with Gasteiger partial charge in [0, 0.05) is 6.04 Å². The Morgan fingerprint density at radius 1 is 1.17 bits per heavy atom. The van der Waals surface area contributed by atoms with Crippen molar-refractivity contribution in [3.63, 3.8) is 0 Å². The maximum Gasteiger partial charge on any atom is 0.239 e. The number of nitrogens with two attached hydrogens (primary N) is 1. The number of hydrogen-bond donors (Lipinski definition) is 1. The molecule has 1 aliphatic rings. The zero-order chi connectivity index (χ0) is 16.2. The second-order valence-electron chi connectivity index (χ2n) is 5.88. The molecule has 0 bridgehead atoms. The molecule has 2 atom stereocenters. The van der Waals surface area contributed by atoms with Crippen LogP contribution in [-0.2, 0) is 4.79 Å². The molecule has 1 aliphatic heterocycles. The summed E-state index contributed by atoms with van der Waals surface area (Å²) in [4.78, 5) is 14.3. The summed E-state index contributed by atoms with van der Waals surface area (Å²) in [6, 6.07) is 17.7. The molecule has 4 heteroatoms. The quantitative estimate of drug-likeness (QED) is 0.923. The number of carbonyl (C=O) groups excluding carboxylic acids is 1. The number of hydrogen-bond acceptors (Lipinski definition) is 3. The fourth-order valence-corrected chi connectivity index (χ4v) is 3.44. The van der Waals surface area contributed by atoms with Crippen molar-refractivity contribution in [2.45, 2.75) is 24.9 Å². The molecular weight excluding hydrogens is 288 g/mol. The van der Waals surface area contributed by atoms with Crippen LogP contribution in [0.3, 0.4) is 0 Å². The van der Waals surface area contributed by atoms with E-state index in [2.05, 4.69) is 17.0 Å². The highest BCUT2D eigenvalue weighted by molar-refractivity contribution is 5.81. The maximum absolute atomic E-state index is 12.1. The monoisotopic (exact) mass is 310 g/mol. The zero-order valence-electron chi connectivity index (χ0n) is 13.3. The number of methoxy groups -OCH3 is 1. The average Bonchev–Trinajstić information content (AvgIpc) is 3.05. The SMILES string of the molecule is COc1ccc([C@@H]2CCCN2[C@@H](C(N)=O)c2ccccc2)cc1. The second kappa shape index (κ2) is 6.84. The van der Waals surface area contributed by atoms with E-state index < -0.39 is 0 Å². The van der Waals surface area contributed by atoms with Crippen molar-refractivity contribution < 1.29 is 9.53 Å². The van der Waals surface area contributed by atoms with Crippen LogP contribution in [-0.4, -0.2) is 24.5 Å². The van der Waals surface area contributed by atoms with Crippen LogP contribution in [0.1, 0.15) is 36.1 Å². The first-order valence-electron chi connectivity index (χ1n) is 7.94. The van der Waals surface area contributed by atoms with E-state index in [0.717, 1.165) is 30.7 Å². The minimum Gasteiger partial charge on any atom is -0.497 e. The van der Waals surface area contributed by atoms with Crippen LogP contribution in [0, 0.1) is 0 Å². The molecule has 0 aliphatic carbocycles. The van der Waals surface area contributed by atoms with Gasteiger partial charge in [0.2, 0.25) is 5.91 Å². The van der Waals surface area contributed by atoms with Crippen molar-refractivity contribution in [3.8, 4) is 5.75 Å². The summed E-state index contributed by atoms with van der Waals surface area (Å²) in [5.41, 5.74) is 7.89. The highest BCUT2D eigenvalue weighted by atomic mass is 16.5. The lowest BCUT2D eigenvalue weighted by molar-refractivity contribution is -0.123. The van der Waals surface area contributed by atoms with Gasteiger partial charge in [-0.05, 0) is 42.6 Å². The van der Waals surface area contributed by atoms with Crippen LogP contribution in [0.2, 0.25) is 0 Å². The molecule has 0 aromatic heterocycles. The van der Waals surface area contributed by atoms with E-state index in [9.17, 15) is 4.79 Å². The first-order valence-corrected chi connectivity index (χ1v) is 7.94. The molecule has 0 saturated carbocycles. The highest BCUT2D eigenvalue weighted by Gasteiger charge is 2.35. The summed E-state index contributed by atoms with van der Waals surface area (Å²) in [5.74, 6) is 0.546. The fraction of sp³-hybridized carbons (Fsp3) is 0.316. The van der Waals surface area contributed by atoms with Gasteiger partial charge in [0.1, 0.15) is 11.8 Å². The zero-order valence-corrected chi connectivity index (χ0v) is 13.3. The number of nitrogens with zero attached hydrogens (tertiary/aromatic N) is 1. The standard InChI is InChI=1S/C19H22N2O2/c1-23-16-11-9-14(10-12-16)17-8-5-13-21(17)18(19(20)22)15-6-3-2-4-7-15/h2-4,6-7,9-12,17-18H,5,8,13H2,1H3,(H2,20,22)/t17-,18+/m0/s1. The molecule has 120 valence electrons. The van der Waals surface area contributed by atoms with Crippen molar-refractivity contribution in [1.82, 2.24) is 4.90 Å². The number of rotatable bonds is 5. The number of primary amides is 1. The number of ether oxygens (including phenoxy) is 1. The van der Waals surface area contributed by atoms with Gasteiger partial charge in [0.05, 0.1) is 7.11 Å². The molecule has 0 radical (unpaired) electrons. The normalized spacial score (nSPS) is 19.4. The Bertz CT molecular complexity index is 655. The molecule has 2 aromatic rings. The summed E-state index contributed by atoms with van der Waals surface area (Å²) >= 11 is 0. The highest BCUT2D eigenvalue weighted by Crippen LogP contribution is 2.38. The van der Waals surface area contributed by atoms with Gasteiger partial charge >= 0.3 is 0 Å². The molecule has 3 rings (SSSR count). The number of amides is 1. The molecule has 4 nitrogen and oxygen atoms in total. The molecule has 0 unspecified atom stereocenters. The first kappa shape index (κ1) is 15.6. The van der Waals surface area contributed by atoms with Crippen LogP contribution < -0.4 is 10.5 Å². The third-order valence-electron chi connectivity index (χ3n) is 4.51. The minimum absolute atomic E-state index is 0.207. The van der Waals surface area contributed by atoms with Crippen molar-refractivity contribution in [1.29, 1.82) is 0 Å². The van der Waals surface area contributed by atoms with Gasteiger partial charge < -0.3 is 10.5 Å². The van der Waals surface area contributed by atoms with Crippen molar-refractivity contribution in [2.24, 2.45) is 5.73 Å². The molecule has 2 N–H and O–H groups in total. The molecule has 0 spiro atoms. The summed E-state index contributed by atoms with van der Waals surface area (Å²) in [7, 11) is 1.66. The van der Waals surface area contributed by atoms with Crippen LogP contribution in [0.4, 0.5) is 0 Å². The predicted octanol–water partition coefficient (Wildman–Crippen LogP) is 3.06. The largest absolute Gasteiger partial charge is 0.497 e. The Kier molecular flexibility index (Phi) is 4.63. The number of benzene rings is 2. The Morgan fingerprint density at radius 3 is 2.48 bits per heavy atom. The van der Waals surface area contributed by atoms with E-state index in [0.29, 0.717) is 0 Å². The van der Waals surface area contributed by atoms with Gasteiger partial charge in [-0.1, -0.05) is 42.5 Å². The van der Waals surface area contributed by atoms with Gasteiger partial charge in [0.25, 0.3) is 0 Å². The van der Waals surface area contributed by atoms with Gasteiger partial charge in [-0.25, -0.2) is 0 Å². The number of likely N-dealkylation sites (tertiary alicyclic amines) is 1. The third-order valence-corrected chi connectivity index (χ3v) is 4.51. The van der Waals surface area contributed by atoms with E-state index >= 15 is 0 Å². The molecule has 1 heterocycles. The van der Waals surface area contributed by atoms with E-state index in [1.807, 2.05) is 42.5 Å². The summed E-state index contributed by atoms with van der Waals surface area (Å²) in [6.45, 7) is 0.874. The fourth-order valence-electron chi connectivity index (χ4n) is 3.44. The van der Waals surface area contributed by atoms with Crippen molar-refractivity contribution in [3.05, 3.63) is 65.7 Å². The van der Waals surface area contributed by atoms with Crippen LogP contribution in [0.5, 0.6) is 5.75 Å². The average molecular weight is 310 g/mol. The molecule has 1 amide bonds. The molecule has 2 aromatic carbocycles.